The van der Waals surface area contributed by atoms with Crippen LogP contribution in [0.15, 0.2) is 24.3 Å². The summed E-state index contributed by atoms with van der Waals surface area (Å²) in [4.78, 5) is 10.9. The van der Waals surface area contributed by atoms with Crippen LogP contribution in [0.5, 0.6) is 0 Å². The number of benzene rings is 1. The van der Waals surface area contributed by atoms with Gasteiger partial charge in [-0.1, -0.05) is 24.3 Å². The highest BCUT2D eigenvalue weighted by atomic mass is 32.2. The molecule has 0 radical (unpaired) electrons. The molecule has 1 aliphatic heterocycles. The van der Waals surface area contributed by atoms with E-state index in [1.54, 1.807) is 12.1 Å². The van der Waals surface area contributed by atoms with Gasteiger partial charge < -0.3 is 10.2 Å². The van der Waals surface area contributed by atoms with Crippen molar-refractivity contribution >= 4 is 17.7 Å². The van der Waals surface area contributed by atoms with Gasteiger partial charge in [-0.2, -0.15) is 11.8 Å². The molecule has 17 heavy (non-hydrogen) atoms. The number of carboxylic acid groups (broad SMARTS) is 1. The summed E-state index contributed by atoms with van der Waals surface area (Å²) >= 11 is 1.94. The van der Waals surface area contributed by atoms with Crippen molar-refractivity contribution in [3.8, 4) is 0 Å². The molecule has 0 spiro atoms. The van der Waals surface area contributed by atoms with Crippen molar-refractivity contribution in [2.75, 3.05) is 11.5 Å². The number of carboxylic acids is 1. The number of aliphatic hydroxyl groups is 1. The van der Waals surface area contributed by atoms with Gasteiger partial charge in [-0.3, -0.25) is 0 Å². The van der Waals surface area contributed by atoms with Crippen molar-refractivity contribution in [3.05, 3.63) is 35.4 Å². The molecule has 1 aromatic carbocycles. The zero-order chi connectivity index (χ0) is 12.3. The van der Waals surface area contributed by atoms with Crippen LogP contribution in [0.3, 0.4) is 0 Å². The van der Waals surface area contributed by atoms with Gasteiger partial charge in [-0.25, -0.2) is 4.79 Å². The molecule has 1 atom stereocenters. The van der Waals surface area contributed by atoms with E-state index >= 15 is 0 Å². The molecule has 1 unspecified atom stereocenters. The van der Waals surface area contributed by atoms with E-state index in [0.29, 0.717) is 11.5 Å². The van der Waals surface area contributed by atoms with E-state index in [9.17, 15) is 9.90 Å². The Kier molecular flexibility index (Phi) is 4.07. The number of hydrogen-bond donors (Lipinski definition) is 2. The fraction of sp³-hybridized carbons (Fsp3) is 0.462. The van der Waals surface area contributed by atoms with Crippen LogP contribution in [0.25, 0.3) is 0 Å². The second-order valence-electron chi connectivity index (χ2n) is 4.26. The van der Waals surface area contributed by atoms with Gasteiger partial charge in [0, 0.05) is 0 Å². The smallest absolute Gasteiger partial charge is 0.337 e. The molecular formula is C13H16O3S. The minimum atomic E-state index is -1.40. The molecule has 1 aromatic rings. The third-order valence-corrected chi connectivity index (χ3v) is 4.23. The summed E-state index contributed by atoms with van der Waals surface area (Å²) in [5.41, 5.74) is 1.56. The van der Waals surface area contributed by atoms with Crippen molar-refractivity contribution in [2.24, 2.45) is 0 Å². The molecule has 0 aliphatic carbocycles. The van der Waals surface area contributed by atoms with E-state index in [0.717, 1.165) is 29.9 Å². The minimum absolute atomic E-state index is 0.390. The normalized spacial score (nSPS) is 18.9. The number of aliphatic hydroxyl groups excluding tert-OH is 1. The van der Waals surface area contributed by atoms with Crippen molar-refractivity contribution in [1.82, 2.24) is 0 Å². The van der Waals surface area contributed by atoms with Gasteiger partial charge in [-0.05, 0) is 41.4 Å². The van der Waals surface area contributed by atoms with Crippen LogP contribution in [-0.2, 0) is 4.79 Å². The zero-order valence-corrected chi connectivity index (χ0v) is 10.3. The molecule has 92 valence electrons. The zero-order valence-electron chi connectivity index (χ0n) is 9.50. The van der Waals surface area contributed by atoms with Gasteiger partial charge in [-0.15, -0.1) is 0 Å². The lowest BCUT2D eigenvalue weighted by Crippen LogP contribution is -2.16. The standard InChI is InChI=1S/C13H16O3S/c14-12(13(15)16)11-4-2-1-3-10(11)9-5-7-17-8-6-9/h1-4,9,12,14H,5-8H2,(H,15,16). The number of aliphatic carboxylic acids is 1. The molecule has 1 aliphatic rings. The summed E-state index contributed by atoms with van der Waals surface area (Å²) in [7, 11) is 0. The van der Waals surface area contributed by atoms with Gasteiger partial charge in [0.25, 0.3) is 0 Å². The van der Waals surface area contributed by atoms with Gasteiger partial charge in [0.2, 0.25) is 0 Å². The molecule has 2 N–H and O–H groups in total. The number of rotatable bonds is 3. The molecule has 1 saturated heterocycles. The second kappa shape index (κ2) is 5.56. The highest BCUT2D eigenvalue weighted by Gasteiger charge is 2.24. The third kappa shape index (κ3) is 2.82. The predicted octanol–water partition coefficient (Wildman–Crippen LogP) is 2.42. The van der Waals surface area contributed by atoms with Crippen LogP contribution in [0.4, 0.5) is 0 Å². The topological polar surface area (TPSA) is 57.5 Å². The molecule has 4 heteroatoms. The lowest BCUT2D eigenvalue weighted by atomic mass is 9.88. The summed E-state index contributed by atoms with van der Waals surface area (Å²) in [5, 5.41) is 18.6. The van der Waals surface area contributed by atoms with E-state index in [4.69, 9.17) is 5.11 Å². The fourth-order valence-electron chi connectivity index (χ4n) is 2.27. The predicted molar refractivity (Wildman–Crippen MR) is 68.3 cm³/mol. The Morgan fingerprint density at radius 3 is 2.59 bits per heavy atom. The van der Waals surface area contributed by atoms with E-state index in [1.807, 2.05) is 23.9 Å². The Morgan fingerprint density at radius 1 is 1.29 bits per heavy atom. The average molecular weight is 252 g/mol. The summed E-state index contributed by atoms with van der Waals surface area (Å²) in [6.45, 7) is 0. The van der Waals surface area contributed by atoms with Crippen molar-refractivity contribution in [1.29, 1.82) is 0 Å². The summed E-state index contributed by atoms with van der Waals surface area (Å²) in [6.07, 6.45) is 0.725. The molecule has 0 amide bonds. The molecule has 0 bridgehead atoms. The van der Waals surface area contributed by atoms with Crippen LogP contribution < -0.4 is 0 Å². The molecule has 2 rings (SSSR count). The highest BCUT2D eigenvalue weighted by Crippen LogP contribution is 2.35. The second-order valence-corrected chi connectivity index (χ2v) is 5.48. The quantitative estimate of drug-likeness (QED) is 0.867. The van der Waals surface area contributed by atoms with Crippen molar-refractivity contribution in [3.63, 3.8) is 0 Å². The SMILES string of the molecule is O=C(O)C(O)c1ccccc1C1CCSCC1. The Labute approximate surface area is 105 Å². The first-order chi connectivity index (χ1) is 8.20. The maximum atomic E-state index is 10.9. The van der Waals surface area contributed by atoms with E-state index in [1.165, 1.54) is 0 Å². The van der Waals surface area contributed by atoms with Gasteiger partial charge in [0.05, 0.1) is 0 Å². The van der Waals surface area contributed by atoms with Crippen LogP contribution in [0.1, 0.15) is 36.0 Å². The Morgan fingerprint density at radius 2 is 1.94 bits per heavy atom. The van der Waals surface area contributed by atoms with Crippen molar-refractivity contribution < 1.29 is 15.0 Å². The molecule has 3 nitrogen and oxygen atoms in total. The molecular weight excluding hydrogens is 236 g/mol. The lowest BCUT2D eigenvalue weighted by Gasteiger charge is -2.24. The lowest BCUT2D eigenvalue weighted by molar-refractivity contribution is -0.147. The van der Waals surface area contributed by atoms with Crippen LogP contribution >= 0.6 is 11.8 Å². The summed E-state index contributed by atoms with van der Waals surface area (Å²) in [5.74, 6) is 1.44. The molecule has 1 heterocycles. The van der Waals surface area contributed by atoms with Crippen molar-refractivity contribution in [2.45, 2.75) is 24.9 Å². The van der Waals surface area contributed by atoms with Gasteiger partial charge >= 0.3 is 5.97 Å². The summed E-state index contributed by atoms with van der Waals surface area (Å²) in [6, 6.07) is 7.36. The first kappa shape index (κ1) is 12.5. The fourth-order valence-corrected chi connectivity index (χ4v) is 3.38. The highest BCUT2D eigenvalue weighted by molar-refractivity contribution is 7.99. The average Bonchev–Trinajstić information content (AvgIpc) is 2.39. The van der Waals surface area contributed by atoms with Crippen LogP contribution in [0.2, 0.25) is 0 Å². The monoisotopic (exact) mass is 252 g/mol. The Hall–Kier alpha value is -1.00. The minimum Gasteiger partial charge on any atom is -0.479 e. The maximum absolute atomic E-state index is 10.9. The molecule has 0 saturated carbocycles. The first-order valence-electron chi connectivity index (χ1n) is 5.77. The maximum Gasteiger partial charge on any atom is 0.337 e. The third-order valence-electron chi connectivity index (χ3n) is 3.19. The Balaban J connectivity index is 2.29. The van der Waals surface area contributed by atoms with Gasteiger partial charge in [0.1, 0.15) is 0 Å². The number of carbonyl (C=O) groups is 1. The number of thioether (sulfide) groups is 1. The van der Waals surface area contributed by atoms with Gasteiger partial charge in [0.15, 0.2) is 6.10 Å². The van der Waals surface area contributed by atoms with E-state index in [2.05, 4.69) is 0 Å². The first-order valence-corrected chi connectivity index (χ1v) is 6.93. The number of hydrogen-bond acceptors (Lipinski definition) is 3. The summed E-state index contributed by atoms with van der Waals surface area (Å²) < 4.78 is 0. The van der Waals surface area contributed by atoms with E-state index in [-0.39, 0.29) is 0 Å². The van der Waals surface area contributed by atoms with Crippen LogP contribution in [-0.4, -0.2) is 27.7 Å². The van der Waals surface area contributed by atoms with E-state index < -0.39 is 12.1 Å². The Bertz CT molecular complexity index is 399. The molecule has 1 fully saturated rings. The van der Waals surface area contributed by atoms with Crippen LogP contribution in [0, 0.1) is 0 Å². The molecule has 0 aromatic heterocycles. The largest absolute Gasteiger partial charge is 0.479 e.